The molecule has 1 aliphatic carbocycles. The van der Waals surface area contributed by atoms with Crippen molar-refractivity contribution < 1.29 is 31.9 Å². The molecule has 0 aromatic heterocycles. The van der Waals surface area contributed by atoms with E-state index in [9.17, 15) is 22.4 Å². The van der Waals surface area contributed by atoms with E-state index in [4.69, 9.17) is 9.47 Å². The van der Waals surface area contributed by atoms with Crippen molar-refractivity contribution in [3.05, 3.63) is 125 Å². The summed E-state index contributed by atoms with van der Waals surface area (Å²) in [6, 6.07) is 25.8. The van der Waals surface area contributed by atoms with E-state index >= 15 is 0 Å². The molecular formula is C35H34FN3O6S. The summed E-state index contributed by atoms with van der Waals surface area (Å²) in [5.74, 6) is 0.171. The normalized spacial score (nSPS) is 14.5. The molecule has 6 rings (SSSR count). The molecule has 2 amide bonds. The van der Waals surface area contributed by atoms with Gasteiger partial charge in [-0.15, -0.1) is 0 Å². The molecule has 0 bridgehead atoms. The maximum atomic E-state index is 14.0. The molecule has 1 aliphatic heterocycles. The summed E-state index contributed by atoms with van der Waals surface area (Å²) in [5.41, 5.74) is 2.87. The molecule has 1 atom stereocenters. The van der Waals surface area contributed by atoms with Gasteiger partial charge in [-0.25, -0.2) is 17.5 Å². The van der Waals surface area contributed by atoms with E-state index in [2.05, 4.69) is 10.0 Å². The van der Waals surface area contributed by atoms with Crippen molar-refractivity contribution >= 4 is 21.8 Å². The Morgan fingerprint density at radius 3 is 2.24 bits per heavy atom. The molecule has 1 saturated carbocycles. The molecule has 0 spiro atoms. The van der Waals surface area contributed by atoms with E-state index in [1.165, 1.54) is 29.2 Å². The van der Waals surface area contributed by atoms with Crippen LogP contribution in [0.3, 0.4) is 0 Å². The highest BCUT2D eigenvalue weighted by Crippen LogP contribution is 2.33. The summed E-state index contributed by atoms with van der Waals surface area (Å²) < 4.78 is 52.4. The second-order valence-corrected chi connectivity index (χ2v) is 13.1. The van der Waals surface area contributed by atoms with Crippen molar-refractivity contribution in [2.24, 2.45) is 0 Å². The van der Waals surface area contributed by atoms with Crippen LogP contribution in [0.4, 0.5) is 4.39 Å². The average Bonchev–Trinajstić information content (AvgIpc) is 3.74. The third kappa shape index (κ3) is 7.72. The summed E-state index contributed by atoms with van der Waals surface area (Å²) in [6.45, 7) is 0.408. The molecule has 1 fully saturated rings. The van der Waals surface area contributed by atoms with Gasteiger partial charge in [0.25, 0.3) is 0 Å². The quantitative estimate of drug-likeness (QED) is 0.212. The number of nitrogens with one attached hydrogen (secondary N) is 2. The van der Waals surface area contributed by atoms with Crippen LogP contribution in [0, 0.1) is 5.82 Å². The largest absolute Gasteiger partial charge is 0.454 e. The molecule has 2 aliphatic rings. The van der Waals surface area contributed by atoms with Crippen LogP contribution in [0.25, 0.3) is 0 Å². The van der Waals surface area contributed by atoms with Crippen molar-refractivity contribution in [2.45, 2.75) is 55.8 Å². The number of ether oxygens (including phenoxy) is 2. The Morgan fingerprint density at radius 1 is 0.848 bits per heavy atom. The molecule has 0 saturated heterocycles. The van der Waals surface area contributed by atoms with Gasteiger partial charge in [0.05, 0.1) is 4.90 Å². The van der Waals surface area contributed by atoms with E-state index < -0.39 is 21.9 Å². The second kappa shape index (κ2) is 13.7. The van der Waals surface area contributed by atoms with Crippen LogP contribution in [0.15, 0.2) is 102 Å². The molecule has 0 radical (unpaired) electrons. The van der Waals surface area contributed by atoms with Crippen LogP contribution >= 0.6 is 0 Å². The first-order chi connectivity index (χ1) is 22.2. The number of carbonyl (C=O) groups is 2. The van der Waals surface area contributed by atoms with Crippen LogP contribution < -0.4 is 19.5 Å². The van der Waals surface area contributed by atoms with Gasteiger partial charge in [-0.1, -0.05) is 60.7 Å². The minimum atomic E-state index is -3.59. The number of amides is 2. The van der Waals surface area contributed by atoms with Gasteiger partial charge in [0.15, 0.2) is 11.5 Å². The molecule has 238 valence electrons. The maximum Gasteiger partial charge on any atom is 0.247 e. The van der Waals surface area contributed by atoms with Crippen molar-refractivity contribution in [3.8, 4) is 11.5 Å². The number of hydrogen-bond donors (Lipinski definition) is 2. The minimum Gasteiger partial charge on any atom is -0.454 e. The fraction of sp³-hybridized carbons (Fsp3) is 0.257. The first-order valence-electron chi connectivity index (χ1n) is 15.1. The number of aryl methyl sites for hydroxylation is 1. The highest BCUT2D eigenvalue weighted by molar-refractivity contribution is 7.89. The first-order valence-corrected chi connectivity index (χ1v) is 16.6. The predicted octanol–water partition coefficient (Wildman–Crippen LogP) is 5.01. The molecule has 0 unspecified atom stereocenters. The van der Waals surface area contributed by atoms with Crippen molar-refractivity contribution in [2.75, 3.05) is 6.79 Å². The van der Waals surface area contributed by atoms with Crippen LogP contribution in [-0.4, -0.2) is 38.0 Å². The standard InChI is InChI=1S/C35H34FN3O6S/c36-28-12-6-25(7-13-28)22-39(33(40)19-11-24-8-16-30(17-9-24)46(42,43)38-29-14-15-29)34(27-4-2-1-3-5-27)35(41)37-21-26-10-18-31-32(20-26)45-23-44-31/h1-10,12-13,16-18,20,29,34,38H,11,14-15,19,21-23H2,(H,37,41)/t34-/m0/s1. The summed E-state index contributed by atoms with van der Waals surface area (Å²) in [4.78, 5) is 29.6. The van der Waals surface area contributed by atoms with Gasteiger partial charge in [0.2, 0.25) is 28.6 Å². The summed E-state index contributed by atoms with van der Waals surface area (Å²) >= 11 is 0. The molecule has 46 heavy (non-hydrogen) atoms. The highest BCUT2D eigenvalue weighted by Gasteiger charge is 2.32. The van der Waals surface area contributed by atoms with E-state index in [0.717, 1.165) is 24.0 Å². The molecule has 1 heterocycles. The predicted molar refractivity (Wildman–Crippen MR) is 169 cm³/mol. The Labute approximate surface area is 267 Å². The number of rotatable bonds is 13. The Hall–Kier alpha value is -4.74. The maximum absolute atomic E-state index is 14.0. The van der Waals surface area contributed by atoms with Gasteiger partial charge in [-0.3, -0.25) is 9.59 Å². The van der Waals surface area contributed by atoms with E-state index in [1.54, 1.807) is 48.5 Å². The number of halogens is 1. The minimum absolute atomic E-state index is 0.00108. The van der Waals surface area contributed by atoms with Crippen LogP contribution in [-0.2, 0) is 39.1 Å². The number of sulfonamides is 1. The smallest absolute Gasteiger partial charge is 0.247 e. The Bertz CT molecular complexity index is 1800. The van der Waals surface area contributed by atoms with Gasteiger partial charge in [-0.05, 0) is 77.9 Å². The lowest BCUT2D eigenvalue weighted by Crippen LogP contribution is -2.43. The SMILES string of the molecule is O=C(NCc1ccc2c(c1)OCO2)[C@H](c1ccccc1)N(Cc1ccc(F)cc1)C(=O)CCc1ccc(S(=O)(=O)NC2CC2)cc1. The topological polar surface area (TPSA) is 114 Å². The van der Waals surface area contributed by atoms with E-state index in [1.807, 2.05) is 24.3 Å². The summed E-state index contributed by atoms with van der Waals surface area (Å²) in [7, 11) is -3.59. The first kappa shape index (κ1) is 31.3. The highest BCUT2D eigenvalue weighted by atomic mass is 32.2. The van der Waals surface area contributed by atoms with E-state index in [0.29, 0.717) is 29.0 Å². The van der Waals surface area contributed by atoms with Gasteiger partial charge >= 0.3 is 0 Å². The summed E-state index contributed by atoms with van der Waals surface area (Å²) in [6.07, 6.45) is 2.07. The molecule has 4 aromatic rings. The lowest BCUT2D eigenvalue weighted by atomic mass is 10.0. The molecule has 11 heteroatoms. The zero-order valence-corrected chi connectivity index (χ0v) is 25.8. The number of nitrogens with zero attached hydrogens (tertiary/aromatic N) is 1. The molecular weight excluding hydrogens is 609 g/mol. The lowest BCUT2D eigenvalue weighted by molar-refractivity contribution is -0.141. The third-order valence-electron chi connectivity index (χ3n) is 7.93. The van der Waals surface area contributed by atoms with Crippen LogP contribution in [0.1, 0.15) is 47.6 Å². The monoisotopic (exact) mass is 643 g/mol. The number of benzene rings is 4. The van der Waals surface area contributed by atoms with Gasteiger partial charge < -0.3 is 19.7 Å². The van der Waals surface area contributed by atoms with Gasteiger partial charge in [-0.2, -0.15) is 0 Å². The summed E-state index contributed by atoms with van der Waals surface area (Å²) in [5, 5.41) is 2.98. The van der Waals surface area contributed by atoms with Crippen LogP contribution in [0.5, 0.6) is 11.5 Å². The molecule has 9 nitrogen and oxygen atoms in total. The fourth-order valence-corrected chi connectivity index (χ4v) is 6.58. The lowest BCUT2D eigenvalue weighted by Gasteiger charge is -2.32. The molecule has 2 N–H and O–H groups in total. The Kier molecular flexibility index (Phi) is 9.32. The van der Waals surface area contributed by atoms with E-state index in [-0.39, 0.29) is 49.1 Å². The Morgan fingerprint density at radius 2 is 1.52 bits per heavy atom. The zero-order chi connectivity index (χ0) is 32.1. The van der Waals surface area contributed by atoms with Crippen molar-refractivity contribution in [1.82, 2.24) is 14.9 Å². The van der Waals surface area contributed by atoms with Gasteiger partial charge in [0.1, 0.15) is 11.9 Å². The fourth-order valence-electron chi connectivity index (χ4n) is 5.27. The van der Waals surface area contributed by atoms with Crippen LogP contribution in [0.2, 0.25) is 0 Å². The molecule has 4 aromatic carbocycles. The number of carbonyl (C=O) groups excluding carboxylic acids is 2. The average molecular weight is 644 g/mol. The zero-order valence-electron chi connectivity index (χ0n) is 25.0. The second-order valence-electron chi connectivity index (χ2n) is 11.4. The van der Waals surface area contributed by atoms with Crippen molar-refractivity contribution in [1.29, 1.82) is 0 Å². The third-order valence-corrected chi connectivity index (χ3v) is 9.46. The number of hydrogen-bond acceptors (Lipinski definition) is 6. The van der Waals surface area contributed by atoms with Crippen molar-refractivity contribution in [3.63, 3.8) is 0 Å². The number of fused-ring (bicyclic) bond motifs is 1. The Balaban J connectivity index is 1.22. The van der Waals surface area contributed by atoms with Gasteiger partial charge in [0, 0.05) is 25.6 Å².